The van der Waals surface area contributed by atoms with Gasteiger partial charge in [-0.25, -0.2) is 13.2 Å². The molecule has 0 aromatic heterocycles. The Hall–Kier alpha value is -3.67. The van der Waals surface area contributed by atoms with Crippen molar-refractivity contribution in [1.29, 1.82) is 0 Å². The Labute approximate surface area is 175 Å². The average Bonchev–Trinajstić information content (AvgIpc) is 2.75. The highest BCUT2D eigenvalue weighted by Gasteiger charge is 2.13. The molecule has 0 atom stereocenters. The van der Waals surface area contributed by atoms with Gasteiger partial charge < -0.3 is 4.74 Å². The fraction of sp³-hybridized carbons (Fsp3) is 0.0400. The zero-order valence-corrected chi connectivity index (χ0v) is 16.2. The van der Waals surface area contributed by atoms with Gasteiger partial charge in [-0.2, -0.15) is 8.78 Å². The fourth-order valence-electron chi connectivity index (χ4n) is 3.48. The van der Waals surface area contributed by atoms with Crippen molar-refractivity contribution in [2.45, 2.75) is 0 Å². The first-order chi connectivity index (χ1) is 14.9. The van der Waals surface area contributed by atoms with E-state index in [1.165, 1.54) is 55.6 Å². The van der Waals surface area contributed by atoms with Crippen LogP contribution in [0.15, 0.2) is 72.8 Å². The molecule has 0 fully saturated rings. The van der Waals surface area contributed by atoms with Crippen molar-refractivity contribution < 1.29 is 26.7 Å². The summed E-state index contributed by atoms with van der Waals surface area (Å²) < 4.78 is 73.6. The highest BCUT2D eigenvalue weighted by atomic mass is 19.3. The zero-order chi connectivity index (χ0) is 22.1. The molecule has 156 valence electrons. The van der Waals surface area contributed by atoms with Crippen LogP contribution in [-0.2, 0) is 0 Å². The molecular weight excluding hydrogens is 411 g/mol. The largest absolute Gasteiger partial charge is 0.497 e. The van der Waals surface area contributed by atoms with Gasteiger partial charge in [0, 0.05) is 34.2 Å². The molecule has 4 aromatic rings. The predicted molar refractivity (Wildman–Crippen MR) is 111 cm³/mol. The smallest absolute Gasteiger partial charge is 0.271 e. The maximum atomic E-state index is 14.9. The van der Waals surface area contributed by atoms with Crippen molar-refractivity contribution in [3.63, 3.8) is 0 Å². The van der Waals surface area contributed by atoms with Crippen LogP contribution in [0.25, 0.3) is 39.1 Å². The second-order valence-electron chi connectivity index (χ2n) is 6.88. The van der Waals surface area contributed by atoms with Gasteiger partial charge in [-0.3, -0.25) is 0 Å². The first kappa shape index (κ1) is 20.6. The van der Waals surface area contributed by atoms with E-state index in [4.69, 9.17) is 4.74 Å². The lowest BCUT2D eigenvalue weighted by molar-refractivity contribution is 0.411. The molecule has 0 aliphatic rings. The molecule has 0 radical (unpaired) electrons. The molecule has 0 N–H and O–H groups in total. The van der Waals surface area contributed by atoms with Crippen LogP contribution < -0.4 is 4.74 Å². The zero-order valence-electron chi connectivity index (χ0n) is 16.2. The summed E-state index contributed by atoms with van der Waals surface area (Å²) in [7, 11) is 1.43. The monoisotopic (exact) mass is 426 g/mol. The van der Waals surface area contributed by atoms with E-state index >= 15 is 0 Å². The standard InChI is InChI=1S/C25H15F5O/c1-31-18-6-9-20(23(27)13-18)16-4-7-19(22(26)11-16)14-5-8-21-15(10-14)2-3-17(25(21)30)12-24(28)29/h2-13H,1H3. The molecular formula is C25H15F5O. The molecule has 1 nitrogen and oxygen atoms in total. The summed E-state index contributed by atoms with van der Waals surface area (Å²) in [4.78, 5) is 0. The Morgan fingerprint density at radius 3 is 2.03 bits per heavy atom. The van der Waals surface area contributed by atoms with Gasteiger partial charge >= 0.3 is 0 Å². The van der Waals surface area contributed by atoms with Gasteiger partial charge in [-0.05, 0) is 40.8 Å². The van der Waals surface area contributed by atoms with Gasteiger partial charge in [0.15, 0.2) is 0 Å². The minimum absolute atomic E-state index is 0.149. The van der Waals surface area contributed by atoms with Gasteiger partial charge in [0.1, 0.15) is 23.2 Å². The molecule has 0 aliphatic carbocycles. The Morgan fingerprint density at radius 2 is 1.39 bits per heavy atom. The Kier molecular flexibility index (Phi) is 5.46. The summed E-state index contributed by atoms with van der Waals surface area (Å²) in [6, 6.07) is 15.9. The molecule has 0 heterocycles. The third-order valence-corrected chi connectivity index (χ3v) is 5.02. The number of methoxy groups -OCH3 is 1. The third-order valence-electron chi connectivity index (χ3n) is 5.02. The maximum absolute atomic E-state index is 14.9. The predicted octanol–water partition coefficient (Wildman–Crippen LogP) is 7.84. The highest BCUT2D eigenvalue weighted by molar-refractivity contribution is 5.90. The quantitative estimate of drug-likeness (QED) is 0.302. The topological polar surface area (TPSA) is 9.23 Å². The van der Waals surface area contributed by atoms with Crippen LogP contribution in [0.2, 0.25) is 0 Å². The second kappa shape index (κ2) is 8.22. The van der Waals surface area contributed by atoms with E-state index in [2.05, 4.69) is 0 Å². The van der Waals surface area contributed by atoms with E-state index in [9.17, 15) is 22.0 Å². The lowest BCUT2D eigenvalue weighted by Gasteiger charge is -2.10. The van der Waals surface area contributed by atoms with Crippen LogP contribution in [0.4, 0.5) is 22.0 Å². The Bertz CT molecular complexity index is 1320. The van der Waals surface area contributed by atoms with Crippen molar-refractivity contribution in [3.8, 4) is 28.0 Å². The molecule has 4 rings (SSSR count). The molecule has 4 aromatic carbocycles. The number of ether oxygens (including phenoxy) is 1. The van der Waals surface area contributed by atoms with Crippen LogP contribution in [0.1, 0.15) is 5.56 Å². The molecule has 0 saturated carbocycles. The first-order valence-corrected chi connectivity index (χ1v) is 9.26. The number of halogens is 5. The lowest BCUT2D eigenvalue weighted by atomic mass is 9.96. The van der Waals surface area contributed by atoms with Crippen LogP contribution in [0.5, 0.6) is 5.75 Å². The van der Waals surface area contributed by atoms with Crippen molar-refractivity contribution in [2.24, 2.45) is 0 Å². The van der Waals surface area contributed by atoms with Crippen molar-refractivity contribution in [3.05, 3.63) is 95.8 Å². The third kappa shape index (κ3) is 4.01. The van der Waals surface area contributed by atoms with Gasteiger partial charge in [0.05, 0.1) is 7.11 Å². The van der Waals surface area contributed by atoms with Gasteiger partial charge in [-0.15, -0.1) is 0 Å². The van der Waals surface area contributed by atoms with Crippen LogP contribution in [0, 0.1) is 17.5 Å². The van der Waals surface area contributed by atoms with Crippen molar-refractivity contribution in [2.75, 3.05) is 7.11 Å². The number of fused-ring (bicyclic) bond motifs is 1. The Morgan fingerprint density at radius 1 is 0.742 bits per heavy atom. The maximum Gasteiger partial charge on any atom is 0.271 e. The summed E-state index contributed by atoms with van der Waals surface area (Å²) in [5.74, 6) is -1.54. The summed E-state index contributed by atoms with van der Waals surface area (Å²) in [6.07, 6.45) is -1.54. The SMILES string of the molecule is COc1ccc(-c2ccc(-c3ccc4c(F)c(C=C(F)F)ccc4c3)c(F)c2)c(F)c1. The first-order valence-electron chi connectivity index (χ1n) is 9.26. The molecule has 0 unspecified atom stereocenters. The average molecular weight is 426 g/mol. The normalized spacial score (nSPS) is 10.9. The Balaban J connectivity index is 1.74. The van der Waals surface area contributed by atoms with E-state index in [0.717, 1.165) is 0 Å². The molecule has 0 amide bonds. The molecule has 31 heavy (non-hydrogen) atoms. The summed E-state index contributed by atoms with van der Waals surface area (Å²) >= 11 is 0. The van der Waals surface area contributed by atoms with Crippen LogP contribution in [0.3, 0.4) is 0 Å². The summed E-state index contributed by atoms with van der Waals surface area (Å²) in [5.41, 5.74) is 1.09. The summed E-state index contributed by atoms with van der Waals surface area (Å²) in [6.45, 7) is 0. The van der Waals surface area contributed by atoms with Crippen molar-refractivity contribution >= 4 is 16.8 Å². The second-order valence-corrected chi connectivity index (χ2v) is 6.88. The lowest BCUT2D eigenvalue weighted by Crippen LogP contribution is -1.91. The highest BCUT2D eigenvalue weighted by Crippen LogP contribution is 2.33. The molecule has 0 spiro atoms. The van der Waals surface area contributed by atoms with Gasteiger partial charge in [-0.1, -0.05) is 36.4 Å². The van der Waals surface area contributed by atoms with Crippen LogP contribution in [-0.4, -0.2) is 7.11 Å². The van der Waals surface area contributed by atoms with E-state index < -0.39 is 23.5 Å². The molecule has 0 saturated heterocycles. The van der Waals surface area contributed by atoms with E-state index in [1.807, 2.05) is 0 Å². The van der Waals surface area contributed by atoms with E-state index in [1.54, 1.807) is 18.2 Å². The molecule has 0 aliphatic heterocycles. The number of benzene rings is 4. The molecule has 6 heteroatoms. The number of rotatable bonds is 4. The number of hydrogen-bond acceptors (Lipinski definition) is 1. The van der Waals surface area contributed by atoms with Gasteiger partial charge in [0.2, 0.25) is 0 Å². The molecule has 0 bridgehead atoms. The minimum atomic E-state index is -2.00. The van der Waals surface area contributed by atoms with Crippen LogP contribution >= 0.6 is 0 Å². The van der Waals surface area contributed by atoms with E-state index in [0.29, 0.717) is 28.3 Å². The summed E-state index contributed by atoms with van der Waals surface area (Å²) in [5, 5.41) is 0.590. The number of hydrogen-bond donors (Lipinski definition) is 0. The minimum Gasteiger partial charge on any atom is -0.497 e. The fourth-order valence-corrected chi connectivity index (χ4v) is 3.48. The van der Waals surface area contributed by atoms with Gasteiger partial charge in [0.25, 0.3) is 6.08 Å². The van der Waals surface area contributed by atoms with Crippen molar-refractivity contribution in [1.82, 2.24) is 0 Å². The van der Waals surface area contributed by atoms with E-state index in [-0.39, 0.29) is 22.1 Å².